The Kier molecular flexibility index (Phi) is 4.47. The van der Waals surface area contributed by atoms with Crippen molar-refractivity contribution in [2.45, 2.75) is 57.4 Å². The SMILES string of the molecule is CCC(C)(NC(=O)c1ccc(C2CC2)c(OCC2CC2)n1)C(N)=O. The molecule has 1 aromatic rings. The minimum absolute atomic E-state index is 0.256. The van der Waals surface area contributed by atoms with Crippen molar-refractivity contribution in [2.75, 3.05) is 6.61 Å². The predicted octanol–water partition coefficient (Wildman–Crippen LogP) is 2.13. The summed E-state index contributed by atoms with van der Waals surface area (Å²) < 4.78 is 5.87. The van der Waals surface area contributed by atoms with E-state index in [2.05, 4.69) is 10.3 Å². The van der Waals surface area contributed by atoms with Crippen LogP contribution in [0.25, 0.3) is 0 Å². The molecule has 2 aliphatic carbocycles. The van der Waals surface area contributed by atoms with Crippen molar-refractivity contribution in [3.05, 3.63) is 23.4 Å². The second kappa shape index (κ2) is 6.42. The normalized spacial score (nSPS) is 19.4. The van der Waals surface area contributed by atoms with Gasteiger partial charge in [0, 0.05) is 5.56 Å². The number of carbonyl (C=O) groups is 2. The van der Waals surface area contributed by atoms with Crippen molar-refractivity contribution < 1.29 is 14.3 Å². The van der Waals surface area contributed by atoms with Gasteiger partial charge in [0.1, 0.15) is 11.2 Å². The third kappa shape index (κ3) is 3.68. The largest absolute Gasteiger partial charge is 0.477 e. The van der Waals surface area contributed by atoms with Gasteiger partial charge in [-0.2, -0.15) is 0 Å². The molecule has 0 bridgehead atoms. The van der Waals surface area contributed by atoms with Gasteiger partial charge in [-0.3, -0.25) is 9.59 Å². The molecule has 1 atom stereocenters. The number of nitrogens with two attached hydrogens (primary N) is 1. The summed E-state index contributed by atoms with van der Waals surface area (Å²) in [6, 6.07) is 3.62. The van der Waals surface area contributed by atoms with Crippen molar-refractivity contribution in [3.8, 4) is 5.88 Å². The fraction of sp³-hybridized carbons (Fsp3) is 0.611. The fourth-order valence-electron chi connectivity index (χ4n) is 2.52. The summed E-state index contributed by atoms with van der Waals surface area (Å²) in [5, 5.41) is 2.70. The van der Waals surface area contributed by atoms with E-state index in [4.69, 9.17) is 10.5 Å². The van der Waals surface area contributed by atoms with Crippen LogP contribution in [0, 0.1) is 5.92 Å². The monoisotopic (exact) mass is 331 g/mol. The average molecular weight is 331 g/mol. The minimum Gasteiger partial charge on any atom is -0.477 e. The van der Waals surface area contributed by atoms with Crippen LogP contribution in [0.3, 0.4) is 0 Å². The van der Waals surface area contributed by atoms with E-state index in [0.717, 1.165) is 18.4 Å². The molecule has 0 radical (unpaired) electrons. The molecule has 0 saturated heterocycles. The summed E-state index contributed by atoms with van der Waals surface area (Å²) in [5.74, 6) is 0.717. The van der Waals surface area contributed by atoms with E-state index in [1.807, 2.05) is 6.07 Å². The Labute approximate surface area is 142 Å². The number of pyridine rings is 1. The van der Waals surface area contributed by atoms with Crippen molar-refractivity contribution in [1.29, 1.82) is 0 Å². The number of carbonyl (C=O) groups excluding carboxylic acids is 2. The molecular formula is C18H25N3O3. The number of hydrogen-bond acceptors (Lipinski definition) is 4. The maximum Gasteiger partial charge on any atom is 0.270 e. The zero-order chi connectivity index (χ0) is 17.3. The minimum atomic E-state index is -1.08. The highest BCUT2D eigenvalue weighted by molar-refractivity contribution is 5.97. The molecular weight excluding hydrogens is 306 g/mol. The quantitative estimate of drug-likeness (QED) is 0.763. The van der Waals surface area contributed by atoms with Gasteiger partial charge < -0.3 is 15.8 Å². The Morgan fingerprint density at radius 2 is 2.04 bits per heavy atom. The predicted molar refractivity (Wildman–Crippen MR) is 89.8 cm³/mol. The molecule has 6 nitrogen and oxygen atoms in total. The summed E-state index contributed by atoms with van der Waals surface area (Å²) in [7, 11) is 0. The molecule has 2 saturated carbocycles. The van der Waals surface area contributed by atoms with Gasteiger partial charge in [0.25, 0.3) is 5.91 Å². The van der Waals surface area contributed by atoms with Crippen molar-refractivity contribution in [1.82, 2.24) is 10.3 Å². The molecule has 3 rings (SSSR count). The topological polar surface area (TPSA) is 94.3 Å². The number of aromatic nitrogens is 1. The van der Waals surface area contributed by atoms with E-state index in [-0.39, 0.29) is 5.69 Å². The Bertz CT molecular complexity index is 653. The number of hydrogen-bond donors (Lipinski definition) is 2. The molecule has 1 aromatic heterocycles. The van der Waals surface area contributed by atoms with Crippen molar-refractivity contribution >= 4 is 11.8 Å². The summed E-state index contributed by atoms with van der Waals surface area (Å²) in [6.07, 6.45) is 5.10. The van der Waals surface area contributed by atoms with E-state index in [1.165, 1.54) is 12.8 Å². The van der Waals surface area contributed by atoms with Gasteiger partial charge in [-0.05, 0) is 56.9 Å². The van der Waals surface area contributed by atoms with Crippen LogP contribution in [0.5, 0.6) is 5.88 Å². The first kappa shape index (κ1) is 16.7. The zero-order valence-corrected chi connectivity index (χ0v) is 14.3. The maximum absolute atomic E-state index is 12.5. The lowest BCUT2D eigenvalue weighted by atomic mass is 9.98. The van der Waals surface area contributed by atoms with Crippen LogP contribution in [0.4, 0.5) is 0 Å². The van der Waals surface area contributed by atoms with Gasteiger partial charge in [0.05, 0.1) is 6.61 Å². The van der Waals surface area contributed by atoms with Crippen LogP contribution in [-0.4, -0.2) is 28.9 Å². The lowest BCUT2D eigenvalue weighted by Crippen LogP contribution is -2.55. The highest BCUT2D eigenvalue weighted by Crippen LogP contribution is 2.44. The molecule has 2 fully saturated rings. The standard InChI is InChI=1S/C18H25N3O3/c1-3-18(2,17(19)23)21-15(22)14-9-8-13(12-6-7-12)16(20-14)24-10-11-4-5-11/h8-9,11-12H,3-7,10H2,1-2H3,(H2,19,23)(H,21,22). The molecule has 2 amide bonds. The van der Waals surface area contributed by atoms with Gasteiger partial charge in [-0.1, -0.05) is 13.0 Å². The molecule has 24 heavy (non-hydrogen) atoms. The summed E-state index contributed by atoms with van der Waals surface area (Å²) in [5.41, 5.74) is 5.66. The zero-order valence-electron chi connectivity index (χ0n) is 14.3. The van der Waals surface area contributed by atoms with E-state index in [1.54, 1.807) is 19.9 Å². The second-order valence-corrected chi connectivity index (χ2v) is 7.12. The molecule has 0 spiro atoms. The molecule has 0 aromatic carbocycles. The van der Waals surface area contributed by atoms with E-state index in [9.17, 15) is 9.59 Å². The summed E-state index contributed by atoms with van der Waals surface area (Å²) in [4.78, 5) is 28.5. The molecule has 2 aliphatic rings. The Morgan fingerprint density at radius 3 is 2.58 bits per heavy atom. The van der Waals surface area contributed by atoms with Gasteiger partial charge in [0.15, 0.2) is 0 Å². The molecule has 130 valence electrons. The number of nitrogens with zero attached hydrogens (tertiary/aromatic N) is 1. The maximum atomic E-state index is 12.5. The van der Waals surface area contributed by atoms with Crippen molar-refractivity contribution in [3.63, 3.8) is 0 Å². The van der Waals surface area contributed by atoms with E-state index < -0.39 is 17.4 Å². The Morgan fingerprint density at radius 1 is 1.33 bits per heavy atom. The highest BCUT2D eigenvalue weighted by Gasteiger charge is 2.33. The molecule has 1 heterocycles. The lowest BCUT2D eigenvalue weighted by molar-refractivity contribution is -0.123. The first-order chi connectivity index (χ1) is 11.4. The average Bonchev–Trinajstić information content (AvgIpc) is 3.46. The summed E-state index contributed by atoms with van der Waals surface area (Å²) >= 11 is 0. The number of primary amides is 1. The summed E-state index contributed by atoms with van der Waals surface area (Å²) in [6.45, 7) is 4.08. The van der Waals surface area contributed by atoms with Crippen LogP contribution in [0.15, 0.2) is 12.1 Å². The van der Waals surface area contributed by atoms with Crippen LogP contribution in [0.2, 0.25) is 0 Å². The fourth-order valence-corrected chi connectivity index (χ4v) is 2.52. The lowest BCUT2D eigenvalue weighted by Gasteiger charge is -2.25. The molecule has 3 N–H and O–H groups in total. The van der Waals surface area contributed by atoms with Gasteiger partial charge in [-0.25, -0.2) is 4.98 Å². The number of amides is 2. The Balaban J connectivity index is 1.77. The van der Waals surface area contributed by atoms with Gasteiger partial charge >= 0.3 is 0 Å². The molecule has 0 aliphatic heterocycles. The van der Waals surface area contributed by atoms with Crippen LogP contribution in [-0.2, 0) is 4.79 Å². The molecule has 6 heteroatoms. The number of nitrogens with one attached hydrogen (secondary N) is 1. The van der Waals surface area contributed by atoms with E-state index in [0.29, 0.717) is 30.7 Å². The third-order valence-electron chi connectivity index (χ3n) is 4.93. The van der Waals surface area contributed by atoms with Crippen molar-refractivity contribution in [2.24, 2.45) is 11.7 Å². The molecule has 1 unspecified atom stereocenters. The first-order valence-corrected chi connectivity index (χ1v) is 8.69. The number of ether oxygens (including phenoxy) is 1. The second-order valence-electron chi connectivity index (χ2n) is 7.12. The smallest absolute Gasteiger partial charge is 0.270 e. The van der Waals surface area contributed by atoms with Crippen LogP contribution in [0.1, 0.15) is 67.9 Å². The third-order valence-corrected chi connectivity index (χ3v) is 4.93. The Hall–Kier alpha value is -2.11. The first-order valence-electron chi connectivity index (χ1n) is 8.69. The van der Waals surface area contributed by atoms with Crippen LogP contribution >= 0.6 is 0 Å². The number of rotatable bonds is 8. The van der Waals surface area contributed by atoms with Crippen LogP contribution < -0.4 is 15.8 Å². The van der Waals surface area contributed by atoms with E-state index >= 15 is 0 Å². The highest BCUT2D eigenvalue weighted by atomic mass is 16.5. The van der Waals surface area contributed by atoms with Gasteiger partial charge in [0.2, 0.25) is 11.8 Å². The van der Waals surface area contributed by atoms with Gasteiger partial charge in [-0.15, -0.1) is 0 Å².